The van der Waals surface area contributed by atoms with E-state index < -0.39 is 6.61 Å². The Morgan fingerprint density at radius 1 is 1.35 bits per heavy atom. The maximum Gasteiger partial charge on any atom is 0.387 e. The van der Waals surface area contributed by atoms with Crippen LogP contribution < -0.4 is 10.1 Å². The molecule has 0 spiro atoms. The molecule has 112 valence electrons. The van der Waals surface area contributed by atoms with Crippen molar-refractivity contribution >= 4 is 21.8 Å². The largest absolute Gasteiger partial charge is 0.435 e. The third-order valence-corrected chi connectivity index (χ3v) is 3.24. The van der Waals surface area contributed by atoms with Gasteiger partial charge in [-0.15, -0.1) is 0 Å². The summed E-state index contributed by atoms with van der Waals surface area (Å²) in [7, 11) is 0. The van der Waals surface area contributed by atoms with E-state index in [1.165, 1.54) is 24.3 Å². The summed E-state index contributed by atoms with van der Waals surface area (Å²) in [6, 6.07) is 5.63. The van der Waals surface area contributed by atoms with Crippen molar-refractivity contribution in [2.75, 3.05) is 11.9 Å². The maximum atomic E-state index is 12.0. The average Bonchev–Trinajstić information content (AvgIpc) is 2.36. The first-order chi connectivity index (χ1) is 9.34. The van der Waals surface area contributed by atoms with Crippen LogP contribution in [0.25, 0.3) is 0 Å². The summed E-state index contributed by atoms with van der Waals surface area (Å²) in [4.78, 5) is 11.9. The number of benzene rings is 1. The number of carbonyl (C=O) groups is 1. The van der Waals surface area contributed by atoms with E-state index in [1.54, 1.807) is 0 Å². The minimum Gasteiger partial charge on any atom is -0.435 e. The molecule has 1 aromatic rings. The summed E-state index contributed by atoms with van der Waals surface area (Å²) < 4.78 is 28.2. The minimum absolute atomic E-state index is 0.00210. The standard InChI is InChI=1S/C14H18BrF2NO2/c1-14(2,7-8-15)9-18-12(19)10-3-5-11(6-4-10)20-13(16)17/h3-6,13H,7-9H2,1-2H3,(H,18,19). The maximum absolute atomic E-state index is 12.0. The third kappa shape index (κ3) is 5.86. The molecule has 0 aliphatic carbocycles. The van der Waals surface area contributed by atoms with Gasteiger partial charge in [0.25, 0.3) is 5.91 Å². The zero-order valence-electron chi connectivity index (χ0n) is 11.5. The molecule has 1 N–H and O–H groups in total. The second kappa shape index (κ2) is 7.57. The average molecular weight is 350 g/mol. The molecule has 0 radical (unpaired) electrons. The first-order valence-electron chi connectivity index (χ1n) is 6.23. The fourth-order valence-electron chi connectivity index (χ4n) is 1.55. The molecule has 0 saturated carbocycles. The lowest BCUT2D eigenvalue weighted by Crippen LogP contribution is -2.34. The SMILES string of the molecule is CC(C)(CCBr)CNC(=O)c1ccc(OC(F)F)cc1. The molecule has 0 aliphatic rings. The van der Waals surface area contributed by atoms with Crippen LogP contribution in [0.4, 0.5) is 8.78 Å². The molecule has 1 rings (SSSR count). The molecule has 0 aromatic heterocycles. The van der Waals surface area contributed by atoms with Gasteiger partial charge in [-0.1, -0.05) is 29.8 Å². The van der Waals surface area contributed by atoms with Gasteiger partial charge < -0.3 is 10.1 Å². The molecule has 3 nitrogen and oxygen atoms in total. The Morgan fingerprint density at radius 2 is 1.95 bits per heavy atom. The molecule has 1 amide bonds. The zero-order chi connectivity index (χ0) is 15.2. The highest BCUT2D eigenvalue weighted by Crippen LogP contribution is 2.20. The van der Waals surface area contributed by atoms with Gasteiger partial charge in [0.15, 0.2) is 0 Å². The van der Waals surface area contributed by atoms with Crippen molar-refractivity contribution in [1.29, 1.82) is 0 Å². The van der Waals surface area contributed by atoms with Crippen molar-refractivity contribution in [3.05, 3.63) is 29.8 Å². The number of amides is 1. The first-order valence-corrected chi connectivity index (χ1v) is 7.35. The lowest BCUT2D eigenvalue weighted by Gasteiger charge is -2.23. The smallest absolute Gasteiger partial charge is 0.387 e. The third-order valence-electron chi connectivity index (χ3n) is 2.84. The molecular formula is C14H18BrF2NO2. The van der Waals surface area contributed by atoms with Crippen LogP contribution in [0, 0.1) is 5.41 Å². The van der Waals surface area contributed by atoms with Gasteiger partial charge in [-0.05, 0) is 36.1 Å². The molecule has 20 heavy (non-hydrogen) atoms. The Labute approximate surface area is 125 Å². The molecule has 1 aromatic carbocycles. The van der Waals surface area contributed by atoms with Gasteiger partial charge in [-0.2, -0.15) is 8.78 Å². The summed E-state index contributed by atoms with van der Waals surface area (Å²) in [5, 5.41) is 3.71. The molecule has 0 saturated heterocycles. The van der Waals surface area contributed by atoms with Crippen molar-refractivity contribution in [2.24, 2.45) is 5.41 Å². The van der Waals surface area contributed by atoms with Gasteiger partial charge >= 0.3 is 6.61 Å². The second-order valence-corrected chi connectivity index (χ2v) is 5.98. The number of carbonyl (C=O) groups excluding carboxylic acids is 1. The summed E-state index contributed by atoms with van der Waals surface area (Å²) in [6.07, 6.45) is 0.939. The molecule has 0 atom stereocenters. The molecule has 6 heteroatoms. The highest BCUT2D eigenvalue weighted by atomic mass is 79.9. The van der Waals surface area contributed by atoms with Crippen molar-refractivity contribution in [1.82, 2.24) is 5.32 Å². The van der Waals surface area contributed by atoms with E-state index in [2.05, 4.69) is 39.8 Å². The van der Waals surface area contributed by atoms with Crippen molar-refractivity contribution < 1.29 is 18.3 Å². The summed E-state index contributed by atoms with van der Waals surface area (Å²) in [6.45, 7) is 1.81. The number of hydrogen-bond acceptors (Lipinski definition) is 2. The number of rotatable bonds is 7. The molecule has 0 heterocycles. The van der Waals surface area contributed by atoms with Crippen LogP contribution in [0.5, 0.6) is 5.75 Å². The van der Waals surface area contributed by atoms with Gasteiger partial charge in [0.05, 0.1) is 0 Å². The van der Waals surface area contributed by atoms with Gasteiger partial charge in [0.2, 0.25) is 0 Å². The summed E-state index contributed by atoms with van der Waals surface area (Å²) in [5.74, 6) is -0.188. The van der Waals surface area contributed by atoms with Crippen molar-refractivity contribution in [2.45, 2.75) is 26.9 Å². The molecule has 0 fully saturated rings. The van der Waals surface area contributed by atoms with Crippen molar-refractivity contribution in [3.8, 4) is 5.75 Å². The Morgan fingerprint density at radius 3 is 2.45 bits per heavy atom. The second-order valence-electron chi connectivity index (χ2n) is 5.19. The van der Waals surface area contributed by atoms with E-state index in [0.717, 1.165) is 11.8 Å². The fraction of sp³-hybridized carbons (Fsp3) is 0.500. The number of halogens is 3. The number of hydrogen-bond donors (Lipinski definition) is 1. The van der Waals surface area contributed by atoms with E-state index in [4.69, 9.17) is 0 Å². The zero-order valence-corrected chi connectivity index (χ0v) is 13.0. The van der Waals surface area contributed by atoms with E-state index in [1.807, 2.05) is 0 Å². The van der Waals surface area contributed by atoms with Crippen LogP contribution in [-0.4, -0.2) is 24.4 Å². The van der Waals surface area contributed by atoms with Gasteiger partial charge in [0.1, 0.15) is 5.75 Å². The summed E-state index contributed by atoms with van der Waals surface area (Å²) >= 11 is 3.38. The normalized spacial score (nSPS) is 11.5. The van der Waals surface area contributed by atoms with Gasteiger partial charge in [0, 0.05) is 17.4 Å². The Hall–Kier alpha value is -1.17. The number of nitrogens with one attached hydrogen (secondary N) is 1. The first kappa shape index (κ1) is 16.9. The topological polar surface area (TPSA) is 38.3 Å². The van der Waals surface area contributed by atoms with Crippen molar-refractivity contribution in [3.63, 3.8) is 0 Å². The van der Waals surface area contributed by atoms with Crippen LogP contribution in [-0.2, 0) is 0 Å². The quantitative estimate of drug-likeness (QED) is 0.759. The minimum atomic E-state index is -2.86. The number of ether oxygens (including phenoxy) is 1. The van der Waals surface area contributed by atoms with E-state index in [9.17, 15) is 13.6 Å². The number of alkyl halides is 3. The molecule has 0 unspecified atom stereocenters. The predicted octanol–water partition coefficient (Wildman–Crippen LogP) is 3.83. The van der Waals surface area contributed by atoms with E-state index in [-0.39, 0.29) is 17.1 Å². The Bertz CT molecular complexity index is 435. The highest BCUT2D eigenvalue weighted by Gasteiger charge is 2.18. The molecule has 0 bridgehead atoms. The van der Waals surface area contributed by atoms with Gasteiger partial charge in [-0.25, -0.2) is 0 Å². The van der Waals surface area contributed by atoms with Crippen LogP contribution in [0.1, 0.15) is 30.6 Å². The molecule has 0 aliphatic heterocycles. The van der Waals surface area contributed by atoms with E-state index >= 15 is 0 Å². The predicted molar refractivity (Wildman–Crippen MR) is 77.6 cm³/mol. The lowest BCUT2D eigenvalue weighted by atomic mass is 9.90. The highest BCUT2D eigenvalue weighted by molar-refractivity contribution is 9.09. The fourth-order valence-corrected chi connectivity index (χ4v) is 2.63. The van der Waals surface area contributed by atoms with Crippen LogP contribution >= 0.6 is 15.9 Å². The lowest BCUT2D eigenvalue weighted by molar-refractivity contribution is -0.0498. The van der Waals surface area contributed by atoms with Crippen LogP contribution in [0.15, 0.2) is 24.3 Å². The Kier molecular flexibility index (Phi) is 6.39. The van der Waals surface area contributed by atoms with E-state index in [0.29, 0.717) is 12.1 Å². The summed E-state index contributed by atoms with van der Waals surface area (Å²) in [5.41, 5.74) is 0.416. The monoisotopic (exact) mass is 349 g/mol. The van der Waals surface area contributed by atoms with Crippen LogP contribution in [0.3, 0.4) is 0 Å². The van der Waals surface area contributed by atoms with Crippen LogP contribution in [0.2, 0.25) is 0 Å². The molecular weight excluding hydrogens is 332 g/mol. The Balaban J connectivity index is 2.55. The van der Waals surface area contributed by atoms with Gasteiger partial charge in [-0.3, -0.25) is 4.79 Å².